The van der Waals surface area contributed by atoms with E-state index < -0.39 is 0 Å². The van der Waals surface area contributed by atoms with Crippen molar-refractivity contribution in [3.8, 4) is 0 Å². The maximum atomic E-state index is 6.25. The van der Waals surface area contributed by atoms with Crippen LogP contribution in [0, 0.1) is 0 Å². The van der Waals surface area contributed by atoms with E-state index in [4.69, 9.17) is 11.6 Å². The lowest BCUT2D eigenvalue weighted by Crippen LogP contribution is -3.11. The van der Waals surface area contributed by atoms with Crippen molar-refractivity contribution in [2.24, 2.45) is 0 Å². The topological polar surface area (TPSA) is 4.44 Å². The summed E-state index contributed by atoms with van der Waals surface area (Å²) >= 11 is 10.2. The summed E-state index contributed by atoms with van der Waals surface area (Å²) in [5.74, 6) is 1.20. The first-order valence-electron chi connectivity index (χ1n) is 8.71. The number of quaternary nitrogens is 1. The van der Waals surface area contributed by atoms with Crippen molar-refractivity contribution in [1.29, 1.82) is 0 Å². The van der Waals surface area contributed by atoms with Crippen LogP contribution in [0.1, 0.15) is 30.2 Å². The van der Waals surface area contributed by atoms with E-state index >= 15 is 0 Å². The molecule has 0 saturated heterocycles. The average molecular weight is 379 g/mol. The zero-order chi connectivity index (χ0) is 16.9. The number of hydrogen-bond acceptors (Lipinski definition) is 2. The summed E-state index contributed by atoms with van der Waals surface area (Å²) in [4.78, 5) is 4.43. The van der Waals surface area contributed by atoms with Gasteiger partial charge in [-0.25, -0.2) is 0 Å². The van der Waals surface area contributed by atoms with E-state index in [9.17, 15) is 0 Å². The van der Waals surface area contributed by atoms with Crippen molar-refractivity contribution in [3.05, 3.63) is 58.6 Å². The molecule has 1 heterocycles. The van der Waals surface area contributed by atoms with Gasteiger partial charge in [0, 0.05) is 25.8 Å². The molecule has 24 heavy (non-hydrogen) atoms. The molecule has 1 N–H and O–H groups in total. The zero-order valence-corrected chi connectivity index (χ0v) is 16.7. The van der Waals surface area contributed by atoms with Crippen LogP contribution in [-0.4, -0.2) is 25.4 Å². The minimum Gasteiger partial charge on any atom is -0.335 e. The first kappa shape index (κ1) is 18.2. The first-order chi connectivity index (χ1) is 11.7. The molecule has 1 atom stereocenters. The van der Waals surface area contributed by atoms with Crippen LogP contribution >= 0.6 is 35.1 Å². The third kappa shape index (κ3) is 4.32. The lowest BCUT2D eigenvalue weighted by molar-refractivity contribution is -0.893. The monoisotopic (exact) mass is 378 g/mol. The fourth-order valence-electron chi connectivity index (χ4n) is 3.17. The smallest absolute Gasteiger partial charge is 0.0863 e. The van der Waals surface area contributed by atoms with Crippen LogP contribution in [0.2, 0.25) is 5.02 Å². The predicted octanol–water partition coefficient (Wildman–Crippen LogP) is 4.75. The molecule has 0 aromatic heterocycles. The van der Waals surface area contributed by atoms with Gasteiger partial charge < -0.3 is 4.90 Å². The van der Waals surface area contributed by atoms with Gasteiger partial charge in [0.2, 0.25) is 0 Å². The highest BCUT2D eigenvalue weighted by Crippen LogP contribution is 2.45. The van der Waals surface area contributed by atoms with Crippen LogP contribution in [0.5, 0.6) is 0 Å². The Morgan fingerprint density at radius 2 is 1.92 bits per heavy atom. The van der Waals surface area contributed by atoms with Crippen molar-refractivity contribution in [3.63, 3.8) is 0 Å². The van der Waals surface area contributed by atoms with E-state index in [0.29, 0.717) is 5.25 Å². The Labute approximate surface area is 159 Å². The van der Waals surface area contributed by atoms with Crippen LogP contribution in [-0.2, 0) is 6.42 Å². The molecule has 4 heteroatoms. The van der Waals surface area contributed by atoms with Gasteiger partial charge >= 0.3 is 0 Å². The highest BCUT2D eigenvalue weighted by molar-refractivity contribution is 8.00. The molecule has 0 fully saturated rings. The van der Waals surface area contributed by atoms with Gasteiger partial charge in [-0.1, -0.05) is 41.6 Å². The van der Waals surface area contributed by atoms with Crippen molar-refractivity contribution in [1.82, 2.24) is 0 Å². The Hall–Kier alpha value is -0.610. The van der Waals surface area contributed by atoms with E-state index in [1.807, 2.05) is 17.8 Å². The number of nitrogens with one attached hydrogen (secondary N) is 1. The molecule has 1 aliphatic rings. The summed E-state index contributed by atoms with van der Waals surface area (Å²) in [7, 11) is 0. The molecule has 0 spiro atoms. The van der Waals surface area contributed by atoms with Crippen LogP contribution < -0.4 is 4.90 Å². The van der Waals surface area contributed by atoms with Gasteiger partial charge in [0.05, 0.1) is 19.6 Å². The Kier molecular flexibility index (Phi) is 6.56. The highest BCUT2D eigenvalue weighted by atomic mass is 35.5. The second-order valence-electron chi connectivity index (χ2n) is 6.16. The SMILES string of the molecule is CC[NH+](CC)CCS[C@H]1Cc2cc(Cl)ccc2Sc2ccccc21. The van der Waals surface area contributed by atoms with Crippen LogP contribution in [0.3, 0.4) is 0 Å². The van der Waals surface area contributed by atoms with Crippen molar-refractivity contribution >= 4 is 35.1 Å². The Morgan fingerprint density at radius 1 is 1.12 bits per heavy atom. The summed E-state index contributed by atoms with van der Waals surface area (Å²) in [6, 6.07) is 15.2. The molecule has 128 valence electrons. The maximum absolute atomic E-state index is 6.25. The van der Waals surface area contributed by atoms with Crippen molar-refractivity contribution in [2.45, 2.75) is 35.3 Å². The Bertz CT molecular complexity index is 685. The molecule has 2 aromatic carbocycles. The van der Waals surface area contributed by atoms with Gasteiger partial charge in [-0.2, -0.15) is 0 Å². The molecular weight excluding hydrogens is 354 g/mol. The van der Waals surface area contributed by atoms with Gasteiger partial charge in [-0.15, -0.1) is 11.8 Å². The minimum absolute atomic E-state index is 0.517. The summed E-state index contributed by atoms with van der Waals surface area (Å²) in [5.41, 5.74) is 2.87. The lowest BCUT2D eigenvalue weighted by Gasteiger charge is -2.20. The lowest BCUT2D eigenvalue weighted by atomic mass is 10.0. The molecule has 0 radical (unpaired) electrons. The minimum atomic E-state index is 0.517. The molecule has 0 aliphatic carbocycles. The Morgan fingerprint density at radius 3 is 2.71 bits per heavy atom. The average Bonchev–Trinajstić information content (AvgIpc) is 2.75. The molecule has 0 bridgehead atoms. The van der Waals surface area contributed by atoms with Crippen molar-refractivity contribution < 1.29 is 4.90 Å². The van der Waals surface area contributed by atoms with E-state index in [-0.39, 0.29) is 0 Å². The molecule has 1 nitrogen and oxygen atoms in total. The van der Waals surface area contributed by atoms with Gasteiger partial charge in [-0.3, -0.25) is 0 Å². The fourth-order valence-corrected chi connectivity index (χ4v) is 5.94. The standard InChI is InChI=1S/C20H24ClNS2/c1-3-22(4-2)11-12-23-20-14-15-13-16(21)9-10-18(15)24-19-8-6-5-7-17(19)20/h5-10,13,20H,3-4,11-12,14H2,1-2H3/p+1/t20-/m0/s1. The zero-order valence-electron chi connectivity index (χ0n) is 14.3. The quantitative estimate of drug-likeness (QED) is 0.773. The summed E-state index contributed by atoms with van der Waals surface area (Å²) in [6.45, 7) is 8.23. The molecule has 0 unspecified atom stereocenters. The molecule has 1 aliphatic heterocycles. The first-order valence-corrected chi connectivity index (χ1v) is 11.0. The largest absolute Gasteiger partial charge is 0.335 e. The molecule has 0 saturated carbocycles. The van der Waals surface area contributed by atoms with Crippen LogP contribution in [0.4, 0.5) is 0 Å². The second-order valence-corrected chi connectivity index (χ2v) is 8.99. The van der Waals surface area contributed by atoms with E-state index in [2.05, 4.69) is 62.0 Å². The number of fused-ring (bicyclic) bond motifs is 2. The fraction of sp³-hybridized carbons (Fsp3) is 0.400. The van der Waals surface area contributed by atoms with E-state index in [0.717, 1.165) is 11.4 Å². The van der Waals surface area contributed by atoms with Gasteiger partial charge in [0.1, 0.15) is 0 Å². The second kappa shape index (κ2) is 8.66. The number of thioether (sulfide) groups is 1. The van der Waals surface area contributed by atoms with Crippen LogP contribution in [0.15, 0.2) is 52.3 Å². The normalized spacial score (nSPS) is 16.6. The van der Waals surface area contributed by atoms with Gasteiger partial charge in [0.15, 0.2) is 0 Å². The third-order valence-electron chi connectivity index (χ3n) is 4.69. The van der Waals surface area contributed by atoms with Gasteiger partial charge in [0.25, 0.3) is 0 Å². The number of rotatable bonds is 6. The number of benzene rings is 2. The summed E-state index contributed by atoms with van der Waals surface area (Å²) in [6.07, 6.45) is 1.07. The predicted molar refractivity (Wildman–Crippen MR) is 108 cm³/mol. The van der Waals surface area contributed by atoms with E-state index in [1.165, 1.54) is 46.3 Å². The van der Waals surface area contributed by atoms with E-state index in [1.54, 1.807) is 4.90 Å². The maximum Gasteiger partial charge on any atom is 0.0863 e. The highest BCUT2D eigenvalue weighted by Gasteiger charge is 2.23. The number of hydrogen-bond donors (Lipinski definition) is 1. The molecular formula is C20H25ClNS2+. The van der Waals surface area contributed by atoms with Crippen LogP contribution in [0.25, 0.3) is 0 Å². The Balaban J connectivity index is 1.81. The number of halogens is 1. The molecule has 3 rings (SSSR count). The molecule has 2 aromatic rings. The molecule has 0 amide bonds. The van der Waals surface area contributed by atoms with Gasteiger partial charge in [-0.05, 0) is 55.7 Å². The van der Waals surface area contributed by atoms with Crippen molar-refractivity contribution in [2.75, 3.05) is 25.4 Å². The third-order valence-corrected chi connectivity index (χ3v) is 7.40. The summed E-state index contributed by atoms with van der Waals surface area (Å²) in [5, 5.41) is 1.36. The summed E-state index contributed by atoms with van der Waals surface area (Å²) < 4.78 is 0.